The van der Waals surface area contributed by atoms with Gasteiger partial charge in [-0.3, -0.25) is 0 Å². The van der Waals surface area contributed by atoms with Crippen molar-refractivity contribution in [1.29, 1.82) is 0 Å². The smallest absolute Gasteiger partial charge is 0.124 e. The lowest BCUT2D eigenvalue weighted by Gasteiger charge is -2.20. The first-order chi connectivity index (χ1) is 9.08. The molecule has 1 atom stereocenters. The normalized spacial score (nSPS) is 12.7. The minimum absolute atomic E-state index is 0.544. The highest BCUT2D eigenvalue weighted by Gasteiger charge is 2.14. The van der Waals surface area contributed by atoms with Gasteiger partial charge in [0.05, 0.1) is 13.2 Å². The first-order valence-corrected chi connectivity index (χ1v) is 7.16. The summed E-state index contributed by atoms with van der Waals surface area (Å²) in [5, 5.41) is 10.9. The Morgan fingerprint density at radius 2 is 2.11 bits per heavy atom. The number of hydrogen-bond donors (Lipinski definition) is 1. The van der Waals surface area contributed by atoms with Crippen LogP contribution >= 0.6 is 11.6 Å². The molecular weight excluding hydrogens is 262 g/mol. The van der Waals surface area contributed by atoms with E-state index in [4.69, 9.17) is 16.3 Å². The van der Waals surface area contributed by atoms with Gasteiger partial charge in [-0.25, -0.2) is 0 Å². The summed E-state index contributed by atoms with van der Waals surface area (Å²) in [6.45, 7) is 4.10. The molecule has 1 rings (SSSR count). The lowest BCUT2D eigenvalue weighted by molar-refractivity contribution is 0.145. The van der Waals surface area contributed by atoms with Crippen molar-refractivity contribution < 1.29 is 9.84 Å². The first kappa shape index (κ1) is 16.3. The van der Waals surface area contributed by atoms with E-state index in [9.17, 15) is 5.11 Å². The van der Waals surface area contributed by atoms with Crippen molar-refractivity contribution in [3.63, 3.8) is 0 Å². The van der Waals surface area contributed by atoms with Crippen LogP contribution in [0.1, 0.15) is 37.9 Å². The number of halogens is 1. The molecule has 0 saturated heterocycles. The lowest BCUT2D eigenvalue weighted by Crippen LogP contribution is -2.22. The maximum atomic E-state index is 10.3. The molecule has 0 aliphatic rings. The van der Waals surface area contributed by atoms with E-state index in [1.807, 2.05) is 0 Å². The van der Waals surface area contributed by atoms with Crippen LogP contribution in [0.2, 0.25) is 5.02 Å². The van der Waals surface area contributed by atoms with Crippen LogP contribution in [0.4, 0.5) is 0 Å². The Morgan fingerprint density at radius 3 is 2.74 bits per heavy atom. The number of benzene rings is 1. The molecule has 0 bridgehead atoms. The monoisotopic (exact) mass is 285 g/mol. The van der Waals surface area contributed by atoms with E-state index < -0.39 is 6.10 Å². The average Bonchev–Trinajstić information content (AvgIpc) is 2.42. The van der Waals surface area contributed by atoms with E-state index in [2.05, 4.69) is 18.9 Å². The molecule has 0 aliphatic carbocycles. The second-order valence-corrected chi connectivity index (χ2v) is 5.28. The fraction of sp³-hybridized carbons (Fsp3) is 0.600. The molecule has 19 heavy (non-hydrogen) atoms. The summed E-state index contributed by atoms with van der Waals surface area (Å²) in [6, 6.07) is 5.34. The second-order valence-electron chi connectivity index (χ2n) is 4.85. The molecule has 1 aromatic rings. The van der Waals surface area contributed by atoms with E-state index in [-0.39, 0.29) is 0 Å². The van der Waals surface area contributed by atoms with Gasteiger partial charge in [0.25, 0.3) is 0 Å². The predicted molar refractivity (Wildman–Crippen MR) is 80.0 cm³/mol. The summed E-state index contributed by atoms with van der Waals surface area (Å²) in [6.07, 6.45) is 2.51. The van der Waals surface area contributed by atoms with Gasteiger partial charge in [-0.15, -0.1) is 0 Å². The molecule has 0 spiro atoms. The van der Waals surface area contributed by atoms with Gasteiger partial charge >= 0.3 is 0 Å². The Labute approximate surface area is 121 Å². The molecule has 3 nitrogen and oxygen atoms in total. The molecule has 0 fully saturated rings. The van der Waals surface area contributed by atoms with Gasteiger partial charge in [-0.1, -0.05) is 24.9 Å². The maximum absolute atomic E-state index is 10.3. The maximum Gasteiger partial charge on any atom is 0.124 e. The van der Waals surface area contributed by atoms with Gasteiger partial charge < -0.3 is 14.7 Å². The van der Waals surface area contributed by atoms with Crippen LogP contribution < -0.4 is 4.74 Å². The standard InChI is InChI=1S/C15H24ClNO2/c1-4-5-9-17(2)10-8-14(18)13-11-12(16)6-7-15(13)19-3/h6-7,11,14,18H,4-5,8-10H2,1-3H3. The molecule has 0 radical (unpaired) electrons. The summed E-state index contributed by atoms with van der Waals surface area (Å²) in [4.78, 5) is 2.24. The third-order valence-electron chi connectivity index (χ3n) is 3.23. The zero-order valence-corrected chi connectivity index (χ0v) is 12.8. The highest BCUT2D eigenvalue weighted by molar-refractivity contribution is 6.30. The summed E-state index contributed by atoms with van der Waals surface area (Å²) < 4.78 is 5.26. The third kappa shape index (κ3) is 5.39. The number of hydrogen-bond acceptors (Lipinski definition) is 3. The van der Waals surface area contributed by atoms with E-state index in [1.165, 1.54) is 12.8 Å². The molecule has 0 aliphatic heterocycles. The third-order valence-corrected chi connectivity index (χ3v) is 3.46. The molecule has 0 heterocycles. The van der Waals surface area contributed by atoms with Crippen molar-refractivity contribution in [2.24, 2.45) is 0 Å². The number of methoxy groups -OCH3 is 1. The Kier molecular flexibility index (Phi) is 7.21. The van der Waals surface area contributed by atoms with Gasteiger partial charge in [0.2, 0.25) is 0 Å². The van der Waals surface area contributed by atoms with E-state index in [1.54, 1.807) is 25.3 Å². The SMILES string of the molecule is CCCCN(C)CCC(O)c1cc(Cl)ccc1OC. The molecule has 4 heteroatoms. The highest BCUT2D eigenvalue weighted by Crippen LogP contribution is 2.30. The molecule has 1 unspecified atom stereocenters. The summed E-state index contributed by atoms with van der Waals surface area (Å²) in [5.74, 6) is 0.688. The molecule has 108 valence electrons. The molecule has 1 N–H and O–H groups in total. The molecular formula is C15H24ClNO2. The van der Waals surface area contributed by atoms with Crippen molar-refractivity contribution in [3.05, 3.63) is 28.8 Å². The van der Waals surface area contributed by atoms with Gasteiger partial charge in [0.1, 0.15) is 5.75 Å². The second kappa shape index (κ2) is 8.41. The van der Waals surface area contributed by atoms with E-state index in [0.717, 1.165) is 18.7 Å². The van der Waals surface area contributed by atoms with Gasteiger partial charge in [-0.05, 0) is 44.6 Å². The summed E-state index contributed by atoms with van der Waals surface area (Å²) in [5.41, 5.74) is 0.763. The Balaban J connectivity index is 2.57. The zero-order valence-electron chi connectivity index (χ0n) is 12.0. The number of nitrogens with zero attached hydrogens (tertiary/aromatic N) is 1. The zero-order chi connectivity index (χ0) is 14.3. The first-order valence-electron chi connectivity index (χ1n) is 6.78. The highest BCUT2D eigenvalue weighted by atomic mass is 35.5. The van der Waals surface area contributed by atoms with Crippen LogP contribution in [0.3, 0.4) is 0 Å². The average molecular weight is 286 g/mol. The molecule has 0 saturated carbocycles. The molecule has 0 aromatic heterocycles. The topological polar surface area (TPSA) is 32.7 Å². The van der Waals surface area contributed by atoms with Gasteiger partial charge in [0.15, 0.2) is 0 Å². The Hall–Kier alpha value is -0.770. The van der Waals surface area contributed by atoms with Crippen molar-refractivity contribution in [3.8, 4) is 5.75 Å². The van der Waals surface area contributed by atoms with Crippen molar-refractivity contribution in [2.45, 2.75) is 32.3 Å². The number of aliphatic hydroxyl groups excluding tert-OH is 1. The number of unbranched alkanes of at least 4 members (excludes halogenated alkanes) is 1. The van der Waals surface area contributed by atoms with E-state index in [0.29, 0.717) is 17.2 Å². The van der Waals surface area contributed by atoms with Crippen LogP contribution in [0.15, 0.2) is 18.2 Å². The Morgan fingerprint density at radius 1 is 1.37 bits per heavy atom. The van der Waals surface area contributed by atoms with Crippen molar-refractivity contribution >= 4 is 11.6 Å². The summed E-state index contributed by atoms with van der Waals surface area (Å²) in [7, 11) is 3.68. The quantitative estimate of drug-likeness (QED) is 0.793. The van der Waals surface area contributed by atoms with Crippen LogP contribution in [0.5, 0.6) is 5.75 Å². The van der Waals surface area contributed by atoms with E-state index >= 15 is 0 Å². The van der Waals surface area contributed by atoms with Gasteiger partial charge in [0, 0.05) is 17.1 Å². The van der Waals surface area contributed by atoms with Crippen LogP contribution in [-0.4, -0.2) is 37.3 Å². The predicted octanol–water partition coefficient (Wildman–Crippen LogP) is 3.50. The largest absolute Gasteiger partial charge is 0.496 e. The number of aliphatic hydroxyl groups is 1. The molecule has 0 amide bonds. The van der Waals surface area contributed by atoms with Crippen molar-refractivity contribution in [2.75, 3.05) is 27.2 Å². The lowest BCUT2D eigenvalue weighted by atomic mass is 10.1. The van der Waals surface area contributed by atoms with Crippen LogP contribution in [-0.2, 0) is 0 Å². The van der Waals surface area contributed by atoms with Gasteiger partial charge in [-0.2, -0.15) is 0 Å². The van der Waals surface area contributed by atoms with Crippen LogP contribution in [0, 0.1) is 0 Å². The van der Waals surface area contributed by atoms with Crippen molar-refractivity contribution in [1.82, 2.24) is 4.90 Å². The number of ether oxygens (including phenoxy) is 1. The minimum atomic E-state index is -0.544. The molecule has 1 aromatic carbocycles. The minimum Gasteiger partial charge on any atom is -0.496 e. The Bertz CT molecular complexity index is 384. The fourth-order valence-electron chi connectivity index (χ4n) is 2.00. The van der Waals surface area contributed by atoms with Crippen LogP contribution in [0.25, 0.3) is 0 Å². The number of rotatable bonds is 8. The fourth-order valence-corrected chi connectivity index (χ4v) is 2.18. The summed E-state index contributed by atoms with van der Waals surface area (Å²) >= 11 is 5.97.